The molecule has 0 bridgehead atoms. The number of aliphatic hydroxyl groups excluding tert-OH is 1. The first-order valence-electron chi connectivity index (χ1n) is 5.06. The largest absolute Gasteiger partial charge is 0.508 e. The highest BCUT2D eigenvalue weighted by molar-refractivity contribution is 5.51. The molecule has 0 saturated heterocycles. The molecule has 1 heterocycles. The summed E-state index contributed by atoms with van der Waals surface area (Å²) in [5.41, 5.74) is 1.05. The van der Waals surface area contributed by atoms with E-state index in [0.29, 0.717) is 0 Å². The van der Waals surface area contributed by atoms with Crippen molar-refractivity contribution in [1.29, 1.82) is 0 Å². The zero-order valence-electron chi connectivity index (χ0n) is 8.47. The summed E-state index contributed by atoms with van der Waals surface area (Å²) < 4.78 is 5.80. The molecule has 0 saturated carbocycles. The van der Waals surface area contributed by atoms with Crippen molar-refractivity contribution >= 4 is 0 Å². The molecule has 0 spiro atoms. The fraction of sp³-hybridized carbons (Fsp3) is 0.231. The Morgan fingerprint density at radius 3 is 3.00 bits per heavy atom. The minimum Gasteiger partial charge on any atom is -0.508 e. The van der Waals surface area contributed by atoms with E-state index in [2.05, 4.69) is 13.0 Å². The average Bonchev–Trinajstić information content (AvgIpc) is 2.52. The third kappa shape index (κ3) is 1.05. The standard InChI is InChI=1S/C13H12O2/c1-13-7-6-9(14)8-12(13)15-11-5-3-2-4-10(11)13/h2-8,12,14H,1H3. The second-order valence-electron chi connectivity index (χ2n) is 4.24. The molecule has 2 heteroatoms. The SMILES string of the molecule is CC12C=CC(O)=CC1Oc1ccccc12. The highest BCUT2D eigenvalue weighted by Crippen LogP contribution is 2.46. The number of fused-ring (bicyclic) bond motifs is 3. The van der Waals surface area contributed by atoms with Crippen molar-refractivity contribution in [2.75, 3.05) is 0 Å². The Balaban J connectivity index is 2.17. The predicted octanol–water partition coefficient (Wildman–Crippen LogP) is 2.72. The van der Waals surface area contributed by atoms with Gasteiger partial charge in [-0.2, -0.15) is 0 Å². The van der Waals surface area contributed by atoms with Crippen LogP contribution in [0.1, 0.15) is 12.5 Å². The smallest absolute Gasteiger partial charge is 0.134 e. The summed E-state index contributed by atoms with van der Waals surface area (Å²) in [6.45, 7) is 2.13. The van der Waals surface area contributed by atoms with Crippen molar-refractivity contribution in [2.45, 2.75) is 18.4 Å². The van der Waals surface area contributed by atoms with Gasteiger partial charge in [0.2, 0.25) is 0 Å². The Labute approximate surface area is 88.5 Å². The lowest BCUT2D eigenvalue weighted by Gasteiger charge is -2.27. The van der Waals surface area contributed by atoms with E-state index in [-0.39, 0.29) is 17.3 Å². The molecular formula is C13H12O2. The third-order valence-electron chi connectivity index (χ3n) is 3.23. The first kappa shape index (κ1) is 8.60. The minimum atomic E-state index is -0.136. The highest BCUT2D eigenvalue weighted by atomic mass is 16.5. The van der Waals surface area contributed by atoms with Crippen LogP contribution in [0.5, 0.6) is 5.75 Å². The Morgan fingerprint density at radius 2 is 2.13 bits per heavy atom. The van der Waals surface area contributed by atoms with Gasteiger partial charge in [0.25, 0.3) is 0 Å². The molecule has 15 heavy (non-hydrogen) atoms. The van der Waals surface area contributed by atoms with E-state index >= 15 is 0 Å². The maximum Gasteiger partial charge on any atom is 0.134 e. The highest BCUT2D eigenvalue weighted by Gasteiger charge is 2.43. The summed E-state index contributed by atoms with van der Waals surface area (Å²) in [5.74, 6) is 1.20. The number of allylic oxidation sites excluding steroid dienone is 1. The van der Waals surface area contributed by atoms with Gasteiger partial charge in [0.1, 0.15) is 17.6 Å². The van der Waals surface area contributed by atoms with E-state index in [4.69, 9.17) is 4.74 Å². The quantitative estimate of drug-likeness (QED) is 0.697. The second-order valence-corrected chi connectivity index (χ2v) is 4.24. The van der Waals surface area contributed by atoms with Crippen molar-refractivity contribution in [3.05, 3.63) is 53.8 Å². The van der Waals surface area contributed by atoms with Crippen molar-refractivity contribution in [1.82, 2.24) is 0 Å². The molecule has 2 atom stereocenters. The summed E-state index contributed by atoms with van der Waals surface area (Å²) in [5, 5.41) is 9.44. The zero-order valence-corrected chi connectivity index (χ0v) is 8.47. The average molecular weight is 200 g/mol. The third-order valence-corrected chi connectivity index (χ3v) is 3.23. The number of ether oxygens (including phenoxy) is 1. The number of rotatable bonds is 0. The monoisotopic (exact) mass is 200 g/mol. The molecule has 0 radical (unpaired) electrons. The van der Waals surface area contributed by atoms with Gasteiger partial charge >= 0.3 is 0 Å². The molecule has 1 N–H and O–H groups in total. The van der Waals surface area contributed by atoms with E-state index in [1.165, 1.54) is 5.56 Å². The van der Waals surface area contributed by atoms with Gasteiger partial charge in [-0.3, -0.25) is 0 Å². The van der Waals surface area contributed by atoms with Crippen molar-refractivity contribution in [3.63, 3.8) is 0 Å². The van der Waals surface area contributed by atoms with Gasteiger partial charge in [-0.1, -0.05) is 24.3 Å². The van der Waals surface area contributed by atoms with Crippen LogP contribution >= 0.6 is 0 Å². The van der Waals surface area contributed by atoms with Crippen LogP contribution in [0.25, 0.3) is 0 Å². The van der Waals surface area contributed by atoms with Gasteiger partial charge in [0.15, 0.2) is 0 Å². The lowest BCUT2D eigenvalue weighted by Crippen LogP contribution is -2.33. The number of benzene rings is 1. The molecule has 3 rings (SSSR count). The van der Waals surface area contributed by atoms with E-state index in [9.17, 15) is 5.11 Å². The van der Waals surface area contributed by atoms with E-state index in [1.807, 2.05) is 24.3 Å². The minimum absolute atomic E-state index is 0.0834. The lowest BCUT2D eigenvalue weighted by atomic mass is 9.76. The first-order chi connectivity index (χ1) is 7.20. The van der Waals surface area contributed by atoms with Gasteiger partial charge in [-0.25, -0.2) is 0 Å². The van der Waals surface area contributed by atoms with Gasteiger partial charge in [0, 0.05) is 5.56 Å². The normalized spacial score (nSPS) is 31.5. The maximum atomic E-state index is 9.44. The zero-order chi connectivity index (χ0) is 10.5. The topological polar surface area (TPSA) is 29.5 Å². The summed E-state index contributed by atoms with van der Waals surface area (Å²) in [6, 6.07) is 8.03. The molecule has 2 nitrogen and oxygen atoms in total. The number of hydrogen-bond donors (Lipinski definition) is 1. The molecule has 0 fully saturated rings. The van der Waals surface area contributed by atoms with Gasteiger partial charge < -0.3 is 9.84 Å². The predicted molar refractivity (Wildman–Crippen MR) is 58.1 cm³/mol. The van der Waals surface area contributed by atoms with E-state index < -0.39 is 0 Å². The van der Waals surface area contributed by atoms with Crippen LogP contribution in [0.2, 0.25) is 0 Å². The van der Waals surface area contributed by atoms with Crippen LogP contribution in [0.15, 0.2) is 48.3 Å². The van der Waals surface area contributed by atoms with Crippen molar-refractivity contribution < 1.29 is 9.84 Å². The summed E-state index contributed by atoms with van der Waals surface area (Å²) in [7, 11) is 0. The van der Waals surface area contributed by atoms with Crippen LogP contribution in [0, 0.1) is 0 Å². The molecular weight excluding hydrogens is 188 g/mol. The van der Waals surface area contributed by atoms with Crippen molar-refractivity contribution in [3.8, 4) is 5.75 Å². The molecule has 1 aromatic rings. The summed E-state index contributed by atoms with van der Waals surface area (Å²) in [4.78, 5) is 0. The first-order valence-corrected chi connectivity index (χ1v) is 5.06. The molecule has 2 aliphatic rings. The molecule has 0 aromatic heterocycles. The number of hydrogen-bond acceptors (Lipinski definition) is 2. The molecule has 1 aliphatic heterocycles. The van der Waals surface area contributed by atoms with E-state index in [1.54, 1.807) is 12.2 Å². The molecule has 1 aromatic carbocycles. The Kier molecular flexibility index (Phi) is 1.52. The second kappa shape index (κ2) is 2.66. The number of para-hydroxylation sites is 1. The van der Waals surface area contributed by atoms with Crippen LogP contribution in [0.3, 0.4) is 0 Å². The Hall–Kier alpha value is -1.70. The van der Waals surface area contributed by atoms with Gasteiger partial charge in [-0.15, -0.1) is 0 Å². The molecule has 0 amide bonds. The fourth-order valence-corrected chi connectivity index (χ4v) is 2.29. The van der Waals surface area contributed by atoms with Crippen LogP contribution < -0.4 is 4.74 Å². The van der Waals surface area contributed by atoms with Crippen LogP contribution in [-0.2, 0) is 5.41 Å². The molecule has 1 aliphatic carbocycles. The van der Waals surface area contributed by atoms with Gasteiger partial charge in [0.05, 0.1) is 5.41 Å². The molecule has 2 unspecified atom stereocenters. The Morgan fingerprint density at radius 1 is 1.33 bits per heavy atom. The Bertz CT molecular complexity index is 473. The van der Waals surface area contributed by atoms with Gasteiger partial charge in [-0.05, 0) is 25.1 Å². The summed E-state index contributed by atoms with van der Waals surface area (Å²) in [6.07, 6.45) is 5.43. The van der Waals surface area contributed by atoms with Crippen LogP contribution in [-0.4, -0.2) is 11.2 Å². The maximum absolute atomic E-state index is 9.44. The van der Waals surface area contributed by atoms with Crippen LogP contribution in [0.4, 0.5) is 0 Å². The lowest BCUT2D eigenvalue weighted by molar-refractivity contribution is 0.219. The van der Waals surface area contributed by atoms with Crippen molar-refractivity contribution in [2.24, 2.45) is 0 Å². The summed E-state index contributed by atoms with van der Waals surface area (Å²) >= 11 is 0. The fourth-order valence-electron chi connectivity index (χ4n) is 2.29. The van der Waals surface area contributed by atoms with E-state index in [0.717, 1.165) is 5.75 Å². The molecule has 76 valence electrons. The number of aliphatic hydroxyl groups is 1.